The van der Waals surface area contributed by atoms with Gasteiger partial charge in [0, 0.05) is 5.56 Å². The lowest BCUT2D eigenvalue weighted by molar-refractivity contribution is 0.386. The number of oxazole rings is 1. The van der Waals surface area contributed by atoms with E-state index in [4.69, 9.17) is 9.15 Å². The molecule has 0 spiro atoms. The molecule has 0 atom stereocenters. The number of hydrogen-bond acceptors (Lipinski definition) is 3. The van der Waals surface area contributed by atoms with Gasteiger partial charge in [0.2, 0.25) is 0 Å². The SMILES string of the molecule is COc1cc(-c2c[nH]c(=O)o2)ccc1F. The quantitative estimate of drug-likeness (QED) is 0.820. The predicted octanol–water partition coefficient (Wildman–Crippen LogP) is 1.78. The second kappa shape index (κ2) is 3.61. The summed E-state index contributed by atoms with van der Waals surface area (Å²) >= 11 is 0. The molecule has 15 heavy (non-hydrogen) atoms. The molecule has 1 heterocycles. The fourth-order valence-electron chi connectivity index (χ4n) is 1.24. The molecule has 1 N–H and O–H groups in total. The lowest BCUT2D eigenvalue weighted by Gasteiger charge is -2.02. The number of benzene rings is 1. The third-order valence-corrected chi connectivity index (χ3v) is 1.96. The molecule has 0 amide bonds. The molecule has 0 fully saturated rings. The summed E-state index contributed by atoms with van der Waals surface area (Å²) in [7, 11) is 1.37. The molecule has 5 heteroatoms. The molecule has 2 aromatic rings. The zero-order valence-corrected chi connectivity index (χ0v) is 7.91. The highest BCUT2D eigenvalue weighted by molar-refractivity contribution is 5.58. The van der Waals surface area contributed by atoms with E-state index in [1.807, 2.05) is 0 Å². The number of ether oxygens (including phenoxy) is 1. The molecule has 0 bridgehead atoms. The number of halogens is 1. The highest BCUT2D eigenvalue weighted by Gasteiger charge is 2.07. The topological polar surface area (TPSA) is 55.2 Å². The average molecular weight is 209 g/mol. The third-order valence-electron chi connectivity index (χ3n) is 1.96. The Morgan fingerprint density at radius 2 is 2.27 bits per heavy atom. The maximum Gasteiger partial charge on any atom is 0.416 e. The van der Waals surface area contributed by atoms with Gasteiger partial charge in [-0.05, 0) is 18.2 Å². The Hall–Kier alpha value is -2.04. The molecule has 4 nitrogen and oxygen atoms in total. The molecule has 0 unspecified atom stereocenters. The van der Waals surface area contributed by atoms with Gasteiger partial charge in [-0.2, -0.15) is 0 Å². The molecule has 0 aliphatic heterocycles. The van der Waals surface area contributed by atoms with Gasteiger partial charge in [0.1, 0.15) is 0 Å². The number of H-pyrrole nitrogens is 1. The van der Waals surface area contributed by atoms with Gasteiger partial charge >= 0.3 is 5.76 Å². The molecular formula is C10H8FNO3. The summed E-state index contributed by atoms with van der Waals surface area (Å²) in [5.41, 5.74) is 0.576. The van der Waals surface area contributed by atoms with Gasteiger partial charge in [-0.3, -0.25) is 4.98 Å². The van der Waals surface area contributed by atoms with Crippen molar-refractivity contribution in [3.8, 4) is 17.1 Å². The number of methoxy groups -OCH3 is 1. The van der Waals surface area contributed by atoms with E-state index < -0.39 is 11.6 Å². The minimum absolute atomic E-state index is 0.108. The largest absolute Gasteiger partial charge is 0.494 e. The van der Waals surface area contributed by atoms with E-state index in [9.17, 15) is 9.18 Å². The summed E-state index contributed by atoms with van der Waals surface area (Å²) < 4.78 is 22.7. The molecule has 0 saturated heterocycles. The zero-order valence-electron chi connectivity index (χ0n) is 7.91. The number of nitrogens with one attached hydrogen (secondary N) is 1. The van der Waals surface area contributed by atoms with Crippen molar-refractivity contribution < 1.29 is 13.5 Å². The zero-order chi connectivity index (χ0) is 10.8. The van der Waals surface area contributed by atoms with Crippen LogP contribution in [0.15, 0.2) is 33.6 Å². The summed E-state index contributed by atoms with van der Waals surface area (Å²) in [6.07, 6.45) is 1.41. The van der Waals surface area contributed by atoms with Crippen molar-refractivity contribution in [2.45, 2.75) is 0 Å². The van der Waals surface area contributed by atoms with Crippen molar-refractivity contribution >= 4 is 0 Å². The lowest BCUT2D eigenvalue weighted by Crippen LogP contribution is -1.92. The Morgan fingerprint density at radius 1 is 1.47 bits per heavy atom. The smallest absolute Gasteiger partial charge is 0.416 e. The Labute approximate surface area is 84.3 Å². The van der Waals surface area contributed by atoms with E-state index in [1.165, 1.54) is 31.5 Å². The molecule has 0 aliphatic rings. The number of aromatic amines is 1. The van der Waals surface area contributed by atoms with Crippen LogP contribution < -0.4 is 10.5 Å². The minimum Gasteiger partial charge on any atom is -0.494 e. The van der Waals surface area contributed by atoms with Gasteiger partial charge in [0.05, 0.1) is 13.3 Å². The van der Waals surface area contributed by atoms with E-state index in [-0.39, 0.29) is 5.75 Å². The number of aromatic nitrogens is 1. The average Bonchev–Trinajstić information content (AvgIpc) is 2.66. The van der Waals surface area contributed by atoms with Crippen LogP contribution in [0.25, 0.3) is 11.3 Å². The first kappa shape index (κ1) is 9.51. The first-order chi connectivity index (χ1) is 7.20. The van der Waals surface area contributed by atoms with Gasteiger partial charge in [-0.25, -0.2) is 9.18 Å². The van der Waals surface area contributed by atoms with Crippen molar-refractivity contribution in [3.63, 3.8) is 0 Å². The molecule has 1 aromatic carbocycles. The van der Waals surface area contributed by atoms with Crippen molar-refractivity contribution in [3.05, 3.63) is 40.8 Å². The molecule has 0 radical (unpaired) electrons. The summed E-state index contributed by atoms with van der Waals surface area (Å²) in [4.78, 5) is 13.1. The standard InChI is InChI=1S/C10H8FNO3/c1-14-8-4-6(2-3-7(8)11)9-5-12-10(13)15-9/h2-5H,1H3,(H,12,13). The maximum absolute atomic E-state index is 13.1. The van der Waals surface area contributed by atoms with E-state index in [2.05, 4.69) is 4.98 Å². The van der Waals surface area contributed by atoms with Crippen molar-refractivity contribution in [2.75, 3.05) is 7.11 Å². The van der Waals surface area contributed by atoms with Gasteiger partial charge in [-0.15, -0.1) is 0 Å². The van der Waals surface area contributed by atoms with Crippen LogP contribution >= 0.6 is 0 Å². The first-order valence-electron chi connectivity index (χ1n) is 4.23. The van der Waals surface area contributed by atoms with Crippen LogP contribution in [0.3, 0.4) is 0 Å². The second-order valence-corrected chi connectivity index (χ2v) is 2.89. The summed E-state index contributed by atoms with van der Waals surface area (Å²) in [5.74, 6) is -0.554. The Morgan fingerprint density at radius 3 is 2.87 bits per heavy atom. The van der Waals surface area contributed by atoms with Crippen LogP contribution in [-0.2, 0) is 0 Å². The molecule has 0 saturated carbocycles. The second-order valence-electron chi connectivity index (χ2n) is 2.89. The fourth-order valence-corrected chi connectivity index (χ4v) is 1.24. The van der Waals surface area contributed by atoms with Crippen LogP contribution in [0.4, 0.5) is 4.39 Å². The van der Waals surface area contributed by atoms with E-state index in [0.29, 0.717) is 11.3 Å². The van der Waals surface area contributed by atoms with Crippen LogP contribution in [0.2, 0.25) is 0 Å². The number of hydrogen-bond donors (Lipinski definition) is 1. The molecule has 78 valence electrons. The Balaban J connectivity index is 2.50. The van der Waals surface area contributed by atoms with Crippen LogP contribution in [0, 0.1) is 5.82 Å². The first-order valence-corrected chi connectivity index (χ1v) is 4.23. The molecule has 0 aliphatic carbocycles. The molecule has 2 rings (SSSR count). The van der Waals surface area contributed by atoms with Gasteiger partial charge in [0.25, 0.3) is 0 Å². The predicted molar refractivity (Wildman–Crippen MR) is 51.3 cm³/mol. The highest BCUT2D eigenvalue weighted by Crippen LogP contribution is 2.25. The summed E-state index contributed by atoms with van der Waals surface area (Å²) in [6, 6.07) is 4.21. The van der Waals surface area contributed by atoms with E-state index in [1.54, 1.807) is 0 Å². The monoisotopic (exact) mass is 209 g/mol. The van der Waals surface area contributed by atoms with E-state index in [0.717, 1.165) is 0 Å². The Bertz CT molecular complexity index is 529. The minimum atomic E-state index is -0.548. The number of rotatable bonds is 2. The van der Waals surface area contributed by atoms with Crippen LogP contribution in [-0.4, -0.2) is 12.1 Å². The van der Waals surface area contributed by atoms with Gasteiger partial charge < -0.3 is 9.15 Å². The van der Waals surface area contributed by atoms with Crippen LogP contribution in [0.1, 0.15) is 0 Å². The van der Waals surface area contributed by atoms with Crippen molar-refractivity contribution in [1.29, 1.82) is 0 Å². The highest BCUT2D eigenvalue weighted by atomic mass is 19.1. The summed E-state index contributed by atoms with van der Waals surface area (Å²) in [5, 5.41) is 0. The third kappa shape index (κ3) is 1.76. The van der Waals surface area contributed by atoms with E-state index >= 15 is 0 Å². The van der Waals surface area contributed by atoms with Gasteiger partial charge in [0.15, 0.2) is 17.3 Å². The Kier molecular flexibility index (Phi) is 2.29. The van der Waals surface area contributed by atoms with Gasteiger partial charge in [-0.1, -0.05) is 0 Å². The van der Waals surface area contributed by atoms with Crippen molar-refractivity contribution in [1.82, 2.24) is 4.98 Å². The summed E-state index contributed by atoms with van der Waals surface area (Å²) in [6.45, 7) is 0. The molecule has 1 aromatic heterocycles. The molecular weight excluding hydrogens is 201 g/mol. The lowest BCUT2D eigenvalue weighted by atomic mass is 10.2. The van der Waals surface area contributed by atoms with Crippen molar-refractivity contribution in [2.24, 2.45) is 0 Å². The normalized spacial score (nSPS) is 10.3. The fraction of sp³-hybridized carbons (Fsp3) is 0.100. The maximum atomic E-state index is 13.1. The van der Waals surface area contributed by atoms with Crippen LogP contribution in [0.5, 0.6) is 5.75 Å².